The van der Waals surface area contributed by atoms with Crippen LogP contribution in [-0.2, 0) is 9.59 Å². The Morgan fingerprint density at radius 1 is 1.15 bits per heavy atom. The standard InChI is InChI=1S/C18H19N5O4/c1-8(2)21-17(24)13-9-7-10(14(13)18(21)25)16-15(9)19-20-22(16)11-5-3-4-6-12(11)23(26)27/h3-6,8-10,13-16H,7H2,1-2H3/t9-,10+,13-,14+,15-,16+/m1/s1. The lowest BCUT2D eigenvalue weighted by Crippen LogP contribution is -2.47. The molecule has 140 valence electrons. The fourth-order valence-corrected chi connectivity index (χ4v) is 5.64. The molecule has 4 aliphatic rings. The molecular weight excluding hydrogens is 350 g/mol. The topological polar surface area (TPSA) is 108 Å². The summed E-state index contributed by atoms with van der Waals surface area (Å²) < 4.78 is 0. The molecule has 0 unspecified atom stereocenters. The van der Waals surface area contributed by atoms with Crippen LogP contribution in [0, 0.1) is 33.8 Å². The van der Waals surface area contributed by atoms with Crippen molar-refractivity contribution in [1.29, 1.82) is 0 Å². The maximum atomic E-state index is 13.0. The Morgan fingerprint density at radius 2 is 1.81 bits per heavy atom. The van der Waals surface area contributed by atoms with Crippen LogP contribution in [0.25, 0.3) is 0 Å². The van der Waals surface area contributed by atoms with E-state index < -0.39 is 4.92 Å². The molecule has 2 aliphatic carbocycles. The molecule has 2 saturated carbocycles. The number of nitro benzene ring substituents is 1. The predicted molar refractivity (Wildman–Crippen MR) is 93.6 cm³/mol. The summed E-state index contributed by atoms with van der Waals surface area (Å²) in [6.07, 6.45) is 0.740. The molecule has 2 bridgehead atoms. The van der Waals surface area contributed by atoms with Gasteiger partial charge in [0.2, 0.25) is 11.8 Å². The Morgan fingerprint density at radius 3 is 2.48 bits per heavy atom. The van der Waals surface area contributed by atoms with E-state index in [1.807, 2.05) is 13.8 Å². The van der Waals surface area contributed by atoms with E-state index in [4.69, 9.17) is 0 Å². The lowest BCUT2D eigenvalue weighted by molar-refractivity contribution is -0.384. The van der Waals surface area contributed by atoms with E-state index in [9.17, 15) is 19.7 Å². The zero-order valence-corrected chi connectivity index (χ0v) is 14.9. The second-order valence-corrected chi connectivity index (χ2v) is 8.03. The van der Waals surface area contributed by atoms with Crippen LogP contribution in [-0.4, -0.2) is 39.8 Å². The molecule has 3 fully saturated rings. The number of rotatable bonds is 3. The van der Waals surface area contributed by atoms with Gasteiger partial charge in [-0.25, -0.2) is 5.01 Å². The summed E-state index contributed by atoms with van der Waals surface area (Å²) in [5.41, 5.74) is 0.356. The summed E-state index contributed by atoms with van der Waals surface area (Å²) in [6, 6.07) is 5.88. The van der Waals surface area contributed by atoms with E-state index >= 15 is 0 Å². The maximum absolute atomic E-state index is 13.0. The number of nitrogens with zero attached hydrogens (tertiary/aromatic N) is 5. The zero-order valence-electron chi connectivity index (χ0n) is 14.9. The summed E-state index contributed by atoms with van der Waals surface area (Å²) in [7, 11) is 0. The van der Waals surface area contributed by atoms with Crippen LogP contribution < -0.4 is 5.01 Å². The lowest BCUT2D eigenvalue weighted by atomic mass is 9.76. The minimum Gasteiger partial charge on any atom is -0.280 e. The number of amides is 2. The highest BCUT2D eigenvalue weighted by molar-refractivity contribution is 6.06. The molecule has 2 heterocycles. The molecule has 0 N–H and O–H groups in total. The molecule has 0 spiro atoms. The number of benzene rings is 1. The maximum Gasteiger partial charge on any atom is 0.294 e. The van der Waals surface area contributed by atoms with Gasteiger partial charge in [0.25, 0.3) is 5.69 Å². The van der Waals surface area contributed by atoms with Gasteiger partial charge in [0, 0.05) is 12.1 Å². The van der Waals surface area contributed by atoms with E-state index in [0.29, 0.717) is 5.69 Å². The van der Waals surface area contributed by atoms with Crippen LogP contribution in [0.4, 0.5) is 11.4 Å². The summed E-state index contributed by atoms with van der Waals surface area (Å²) in [5, 5.41) is 21.6. The van der Waals surface area contributed by atoms with Gasteiger partial charge in [-0.2, -0.15) is 5.11 Å². The second-order valence-electron chi connectivity index (χ2n) is 8.03. The van der Waals surface area contributed by atoms with Gasteiger partial charge in [0.05, 0.1) is 28.8 Å². The van der Waals surface area contributed by atoms with E-state index in [1.165, 1.54) is 11.0 Å². The summed E-state index contributed by atoms with van der Waals surface area (Å²) in [4.78, 5) is 38.2. The zero-order chi connectivity index (χ0) is 19.0. The van der Waals surface area contributed by atoms with Crippen molar-refractivity contribution in [2.75, 3.05) is 5.01 Å². The number of hydrogen-bond donors (Lipinski definition) is 0. The molecule has 27 heavy (non-hydrogen) atoms. The number of anilines is 1. The van der Waals surface area contributed by atoms with Gasteiger partial charge in [0.15, 0.2) is 0 Å². The first-order valence-corrected chi connectivity index (χ1v) is 9.22. The Bertz CT molecular complexity index is 899. The molecule has 5 rings (SSSR count). The molecule has 9 heteroatoms. The van der Waals surface area contributed by atoms with Crippen LogP contribution in [0.2, 0.25) is 0 Å². The van der Waals surface area contributed by atoms with Crippen molar-refractivity contribution < 1.29 is 14.5 Å². The van der Waals surface area contributed by atoms with Crippen molar-refractivity contribution in [2.24, 2.45) is 34.0 Å². The minimum atomic E-state index is -0.432. The third-order valence-electron chi connectivity index (χ3n) is 6.53. The van der Waals surface area contributed by atoms with Crippen molar-refractivity contribution in [3.05, 3.63) is 34.4 Å². The summed E-state index contributed by atoms with van der Waals surface area (Å²) in [5.74, 6) is -0.983. The summed E-state index contributed by atoms with van der Waals surface area (Å²) in [6.45, 7) is 3.69. The van der Waals surface area contributed by atoms with Gasteiger partial charge in [-0.15, -0.1) is 0 Å². The first kappa shape index (κ1) is 16.3. The van der Waals surface area contributed by atoms with Crippen LogP contribution in [0.1, 0.15) is 20.3 Å². The highest BCUT2D eigenvalue weighted by Crippen LogP contribution is 2.60. The third-order valence-corrected chi connectivity index (χ3v) is 6.53. The Balaban J connectivity index is 1.53. The SMILES string of the molecule is CC(C)N1C(=O)[C@@H]2[C@H]3C[C@@H]([C@@H]2C1=O)[C@H]1[C@@H]3N=NN1c1ccccc1[N+](=O)[O-]. The number of imide groups is 1. The van der Waals surface area contributed by atoms with Crippen molar-refractivity contribution in [1.82, 2.24) is 4.90 Å². The number of para-hydroxylation sites is 2. The van der Waals surface area contributed by atoms with Gasteiger partial charge in [-0.3, -0.25) is 24.6 Å². The molecule has 1 saturated heterocycles. The largest absolute Gasteiger partial charge is 0.294 e. The average Bonchev–Trinajstić information content (AvgIpc) is 3.34. The van der Waals surface area contributed by atoms with Crippen molar-refractivity contribution >= 4 is 23.2 Å². The van der Waals surface area contributed by atoms with Crippen molar-refractivity contribution in [2.45, 2.75) is 38.4 Å². The van der Waals surface area contributed by atoms with Crippen LogP contribution in [0.5, 0.6) is 0 Å². The Kier molecular flexibility index (Phi) is 3.23. The van der Waals surface area contributed by atoms with E-state index in [0.717, 1.165) is 6.42 Å². The van der Waals surface area contributed by atoms with Gasteiger partial charge in [0.1, 0.15) is 5.69 Å². The lowest BCUT2D eigenvalue weighted by Gasteiger charge is -2.33. The Labute approximate surface area is 155 Å². The highest BCUT2D eigenvalue weighted by Gasteiger charge is 2.70. The van der Waals surface area contributed by atoms with Crippen molar-refractivity contribution in [3.63, 3.8) is 0 Å². The second kappa shape index (κ2) is 5.34. The molecule has 0 radical (unpaired) electrons. The Hall–Kier alpha value is -2.84. The van der Waals surface area contributed by atoms with Crippen LogP contribution in [0.3, 0.4) is 0 Å². The van der Waals surface area contributed by atoms with Gasteiger partial charge < -0.3 is 0 Å². The first-order valence-electron chi connectivity index (χ1n) is 9.22. The molecule has 1 aromatic carbocycles. The van der Waals surface area contributed by atoms with Gasteiger partial charge >= 0.3 is 0 Å². The van der Waals surface area contributed by atoms with Crippen LogP contribution >= 0.6 is 0 Å². The summed E-state index contributed by atoms with van der Waals surface area (Å²) >= 11 is 0. The molecule has 1 aromatic rings. The van der Waals surface area contributed by atoms with Gasteiger partial charge in [-0.05, 0) is 38.2 Å². The number of nitro groups is 1. The normalized spacial score (nSPS) is 36.1. The van der Waals surface area contributed by atoms with Gasteiger partial charge in [-0.1, -0.05) is 17.4 Å². The molecule has 9 nitrogen and oxygen atoms in total. The van der Waals surface area contributed by atoms with Crippen LogP contribution in [0.15, 0.2) is 34.6 Å². The van der Waals surface area contributed by atoms with Crippen molar-refractivity contribution in [3.8, 4) is 0 Å². The predicted octanol–water partition coefficient (Wildman–Crippen LogP) is 2.18. The third kappa shape index (κ3) is 1.94. The minimum absolute atomic E-state index is 0.0262. The number of fused-ring (bicyclic) bond motifs is 8. The number of carbonyl (C=O) groups is 2. The number of carbonyl (C=O) groups excluding carboxylic acids is 2. The van der Waals surface area contributed by atoms with E-state index in [1.54, 1.807) is 23.2 Å². The molecule has 6 atom stereocenters. The number of hydrogen-bond acceptors (Lipinski definition) is 7. The quantitative estimate of drug-likeness (QED) is 0.461. The molecule has 2 aliphatic heterocycles. The smallest absolute Gasteiger partial charge is 0.280 e. The first-order chi connectivity index (χ1) is 12.9. The van der Waals surface area contributed by atoms with E-state index in [2.05, 4.69) is 10.3 Å². The molecule has 2 amide bonds. The average molecular weight is 369 g/mol. The highest BCUT2D eigenvalue weighted by atomic mass is 16.6. The number of likely N-dealkylation sites (tertiary alicyclic amines) is 1. The fourth-order valence-electron chi connectivity index (χ4n) is 5.64. The van der Waals surface area contributed by atoms with E-state index in [-0.39, 0.29) is 59.3 Å². The fraction of sp³-hybridized carbons (Fsp3) is 0.556. The monoisotopic (exact) mass is 369 g/mol. The molecular formula is C18H19N5O4. The molecule has 0 aromatic heterocycles.